The predicted octanol–water partition coefficient (Wildman–Crippen LogP) is 1.23. The molecular formula is C18H21N3O5. The van der Waals surface area contributed by atoms with Crippen molar-refractivity contribution in [3.8, 4) is 5.75 Å². The Bertz CT molecular complexity index is 768. The molecule has 2 amide bonds. The van der Waals surface area contributed by atoms with E-state index in [0.29, 0.717) is 49.1 Å². The number of carbonyl (C=O) groups excluding carboxylic acids is 2. The first-order chi connectivity index (χ1) is 12.7. The Labute approximate surface area is 150 Å². The molecule has 0 atom stereocenters. The second-order valence-corrected chi connectivity index (χ2v) is 5.74. The lowest BCUT2D eigenvalue weighted by Gasteiger charge is -2.26. The van der Waals surface area contributed by atoms with E-state index in [1.165, 1.54) is 6.26 Å². The van der Waals surface area contributed by atoms with Crippen LogP contribution in [0.25, 0.3) is 0 Å². The van der Waals surface area contributed by atoms with Crippen molar-refractivity contribution in [2.45, 2.75) is 6.54 Å². The molecule has 138 valence electrons. The minimum absolute atomic E-state index is 0.101. The smallest absolute Gasteiger partial charge is 0.260 e. The number of para-hydroxylation sites is 2. The van der Waals surface area contributed by atoms with Crippen molar-refractivity contribution in [1.82, 2.24) is 4.90 Å². The van der Waals surface area contributed by atoms with Gasteiger partial charge in [-0.05, 0) is 18.2 Å². The largest absolute Gasteiger partial charge is 0.482 e. The van der Waals surface area contributed by atoms with Crippen LogP contribution in [-0.4, -0.2) is 49.6 Å². The Morgan fingerprint density at radius 2 is 2.00 bits per heavy atom. The summed E-state index contributed by atoms with van der Waals surface area (Å²) in [6.07, 6.45) is 1.35. The Morgan fingerprint density at radius 3 is 2.73 bits per heavy atom. The molecule has 2 aromatic rings. The first-order valence-corrected chi connectivity index (χ1v) is 8.33. The number of hydrogen-bond donors (Lipinski definition) is 2. The van der Waals surface area contributed by atoms with Crippen molar-refractivity contribution >= 4 is 17.5 Å². The highest BCUT2D eigenvalue weighted by atomic mass is 16.5. The minimum Gasteiger partial charge on any atom is -0.482 e. The number of hydrogen-bond acceptors (Lipinski definition) is 6. The molecule has 1 aromatic carbocycles. The van der Waals surface area contributed by atoms with E-state index in [9.17, 15) is 9.59 Å². The molecule has 26 heavy (non-hydrogen) atoms. The van der Waals surface area contributed by atoms with Crippen LogP contribution >= 0.6 is 0 Å². The van der Waals surface area contributed by atoms with Crippen molar-refractivity contribution in [3.63, 3.8) is 0 Å². The van der Waals surface area contributed by atoms with Crippen LogP contribution < -0.4 is 15.8 Å². The van der Waals surface area contributed by atoms with Crippen molar-refractivity contribution in [3.05, 3.63) is 47.9 Å². The summed E-state index contributed by atoms with van der Waals surface area (Å²) in [6.45, 7) is 2.31. The highest BCUT2D eigenvalue weighted by molar-refractivity contribution is 6.04. The second kappa shape index (κ2) is 8.50. The average Bonchev–Trinajstić information content (AvgIpc) is 3.17. The van der Waals surface area contributed by atoms with Gasteiger partial charge < -0.3 is 29.8 Å². The summed E-state index contributed by atoms with van der Waals surface area (Å²) < 4.78 is 16.0. The molecule has 0 aliphatic carbocycles. The van der Waals surface area contributed by atoms with E-state index in [4.69, 9.17) is 19.6 Å². The Hall–Kier alpha value is -2.84. The zero-order valence-corrected chi connectivity index (χ0v) is 14.3. The number of nitrogens with one attached hydrogen (secondary N) is 1. The van der Waals surface area contributed by atoms with Gasteiger partial charge in [0.2, 0.25) is 0 Å². The van der Waals surface area contributed by atoms with E-state index < -0.39 is 0 Å². The van der Waals surface area contributed by atoms with Crippen LogP contribution in [0.15, 0.2) is 41.0 Å². The quantitative estimate of drug-likeness (QED) is 0.803. The van der Waals surface area contributed by atoms with Gasteiger partial charge in [-0.3, -0.25) is 9.59 Å². The number of carbonyl (C=O) groups is 2. The molecule has 1 aromatic heterocycles. The van der Waals surface area contributed by atoms with Gasteiger partial charge in [0.1, 0.15) is 17.8 Å². The molecule has 0 bridgehead atoms. The van der Waals surface area contributed by atoms with Crippen molar-refractivity contribution in [2.24, 2.45) is 5.73 Å². The SMILES string of the molecule is NCc1cc(C(=O)Nc2ccccc2OCC(=O)N2CCOCC2)co1. The summed E-state index contributed by atoms with van der Waals surface area (Å²) in [7, 11) is 0. The molecule has 2 heterocycles. The maximum atomic E-state index is 12.3. The lowest BCUT2D eigenvalue weighted by molar-refractivity contribution is -0.137. The molecule has 0 unspecified atom stereocenters. The monoisotopic (exact) mass is 359 g/mol. The standard InChI is InChI=1S/C18H21N3O5/c19-10-14-9-13(11-25-14)18(23)20-15-3-1-2-4-16(15)26-12-17(22)21-5-7-24-8-6-21/h1-4,9,11H,5-8,10,12,19H2,(H,20,23). The number of amides is 2. The van der Waals surface area contributed by atoms with Crippen molar-refractivity contribution in [1.29, 1.82) is 0 Å². The molecule has 1 aliphatic heterocycles. The number of ether oxygens (including phenoxy) is 2. The van der Waals surface area contributed by atoms with Crippen molar-refractivity contribution in [2.75, 3.05) is 38.2 Å². The van der Waals surface area contributed by atoms with Gasteiger partial charge >= 0.3 is 0 Å². The molecule has 0 spiro atoms. The van der Waals surface area contributed by atoms with Gasteiger partial charge in [0, 0.05) is 13.1 Å². The van der Waals surface area contributed by atoms with Gasteiger partial charge in [-0.15, -0.1) is 0 Å². The minimum atomic E-state index is -0.344. The van der Waals surface area contributed by atoms with E-state index in [1.54, 1.807) is 35.2 Å². The molecule has 0 radical (unpaired) electrons. The summed E-state index contributed by atoms with van der Waals surface area (Å²) in [5, 5.41) is 2.76. The van der Waals surface area contributed by atoms with Gasteiger partial charge in [0.25, 0.3) is 11.8 Å². The average molecular weight is 359 g/mol. The fourth-order valence-electron chi connectivity index (χ4n) is 2.54. The molecule has 1 fully saturated rings. The maximum Gasteiger partial charge on any atom is 0.260 e. The summed E-state index contributed by atoms with van der Waals surface area (Å²) in [5.74, 6) is 0.488. The summed E-state index contributed by atoms with van der Waals surface area (Å²) in [4.78, 5) is 26.2. The third kappa shape index (κ3) is 4.41. The van der Waals surface area contributed by atoms with E-state index in [-0.39, 0.29) is 25.0 Å². The molecular weight excluding hydrogens is 338 g/mol. The van der Waals surface area contributed by atoms with Crippen LogP contribution in [0.4, 0.5) is 5.69 Å². The first-order valence-electron chi connectivity index (χ1n) is 8.33. The number of rotatable bonds is 6. The Balaban J connectivity index is 1.62. The van der Waals surface area contributed by atoms with Gasteiger partial charge in [-0.25, -0.2) is 0 Å². The molecule has 3 rings (SSSR count). The molecule has 0 saturated carbocycles. The Kier molecular flexibility index (Phi) is 5.88. The zero-order valence-electron chi connectivity index (χ0n) is 14.3. The van der Waals surface area contributed by atoms with E-state index in [1.807, 2.05) is 0 Å². The molecule has 8 nitrogen and oxygen atoms in total. The van der Waals surface area contributed by atoms with Gasteiger partial charge in [-0.2, -0.15) is 0 Å². The zero-order chi connectivity index (χ0) is 18.4. The van der Waals surface area contributed by atoms with Gasteiger partial charge in [0.15, 0.2) is 6.61 Å². The van der Waals surface area contributed by atoms with Crippen LogP contribution in [-0.2, 0) is 16.1 Å². The van der Waals surface area contributed by atoms with E-state index in [2.05, 4.69) is 5.32 Å². The van der Waals surface area contributed by atoms with Crippen LogP contribution in [0.2, 0.25) is 0 Å². The highest BCUT2D eigenvalue weighted by Gasteiger charge is 2.18. The van der Waals surface area contributed by atoms with Crippen molar-refractivity contribution < 1.29 is 23.5 Å². The summed E-state index contributed by atoms with van der Waals surface area (Å²) >= 11 is 0. The number of nitrogens with zero attached hydrogens (tertiary/aromatic N) is 1. The van der Waals surface area contributed by atoms with E-state index in [0.717, 1.165) is 0 Å². The fourth-order valence-corrected chi connectivity index (χ4v) is 2.54. The lowest BCUT2D eigenvalue weighted by atomic mass is 10.2. The third-order valence-electron chi connectivity index (χ3n) is 3.97. The number of morpholine rings is 1. The fraction of sp³-hybridized carbons (Fsp3) is 0.333. The van der Waals surface area contributed by atoms with E-state index >= 15 is 0 Å². The maximum absolute atomic E-state index is 12.3. The number of anilines is 1. The van der Waals surface area contributed by atoms with Crippen LogP contribution in [0, 0.1) is 0 Å². The number of nitrogens with two attached hydrogens (primary N) is 1. The van der Waals surface area contributed by atoms with Crippen LogP contribution in [0.1, 0.15) is 16.1 Å². The third-order valence-corrected chi connectivity index (χ3v) is 3.97. The Morgan fingerprint density at radius 1 is 1.23 bits per heavy atom. The van der Waals surface area contributed by atoms with Crippen LogP contribution in [0.5, 0.6) is 5.75 Å². The topological polar surface area (TPSA) is 107 Å². The molecule has 8 heteroatoms. The van der Waals surface area contributed by atoms with Crippen LogP contribution in [0.3, 0.4) is 0 Å². The number of benzene rings is 1. The highest BCUT2D eigenvalue weighted by Crippen LogP contribution is 2.24. The molecule has 3 N–H and O–H groups in total. The lowest BCUT2D eigenvalue weighted by Crippen LogP contribution is -2.43. The van der Waals surface area contributed by atoms with Gasteiger partial charge in [0.05, 0.1) is 31.0 Å². The second-order valence-electron chi connectivity index (χ2n) is 5.74. The van der Waals surface area contributed by atoms with Gasteiger partial charge in [-0.1, -0.05) is 12.1 Å². The summed E-state index contributed by atoms with van der Waals surface area (Å²) in [5.41, 5.74) is 6.32. The first kappa shape index (κ1) is 18.0. The summed E-state index contributed by atoms with van der Waals surface area (Å²) in [6, 6.07) is 8.53. The number of furan rings is 1. The molecule has 1 aliphatic rings. The predicted molar refractivity (Wildman–Crippen MR) is 93.9 cm³/mol. The molecule has 1 saturated heterocycles. The normalized spacial score (nSPS) is 14.1.